The standard InChI is InChI=1S/C18H28N2O3/c1-17(2,3)23-16(22)20-14-11-13(7-8-15(14)21)18(12-19)9-5-4-6-10-18/h7-8,11,21H,4-6,9-10,12,19H2,1-3H3,(H,20,22). The van der Waals surface area contributed by atoms with Gasteiger partial charge in [0.2, 0.25) is 0 Å². The van der Waals surface area contributed by atoms with Gasteiger partial charge in [-0.2, -0.15) is 0 Å². The largest absolute Gasteiger partial charge is 0.506 e. The fourth-order valence-corrected chi connectivity index (χ4v) is 3.22. The molecule has 128 valence electrons. The summed E-state index contributed by atoms with van der Waals surface area (Å²) in [6.45, 7) is 5.97. The number of phenols is 1. The van der Waals surface area contributed by atoms with Gasteiger partial charge in [0.25, 0.3) is 0 Å². The number of carbonyl (C=O) groups is 1. The van der Waals surface area contributed by atoms with E-state index in [0.29, 0.717) is 12.2 Å². The third-order valence-electron chi connectivity index (χ3n) is 4.45. The van der Waals surface area contributed by atoms with Crippen molar-refractivity contribution >= 4 is 11.8 Å². The first-order chi connectivity index (χ1) is 10.8. The van der Waals surface area contributed by atoms with Crippen molar-refractivity contribution < 1.29 is 14.6 Å². The van der Waals surface area contributed by atoms with E-state index in [4.69, 9.17) is 10.5 Å². The van der Waals surface area contributed by atoms with E-state index >= 15 is 0 Å². The van der Waals surface area contributed by atoms with E-state index in [2.05, 4.69) is 5.32 Å². The summed E-state index contributed by atoms with van der Waals surface area (Å²) in [5.41, 5.74) is 6.87. The monoisotopic (exact) mass is 320 g/mol. The number of nitrogens with one attached hydrogen (secondary N) is 1. The summed E-state index contributed by atoms with van der Waals surface area (Å²) in [4.78, 5) is 11.9. The van der Waals surface area contributed by atoms with Gasteiger partial charge in [-0.05, 0) is 51.3 Å². The molecule has 1 aromatic carbocycles. The zero-order chi connectivity index (χ0) is 17.1. The minimum Gasteiger partial charge on any atom is -0.506 e. The second kappa shape index (κ2) is 6.79. The zero-order valence-corrected chi connectivity index (χ0v) is 14.3. The van der Waals surface area contributed by atoms with E-state index in [9.17, 15) is 9.90 Å². The highest BCUT2D eigenvalue weighted by Crippen LogP contribution is 2.40. The van der Waals surface area contributed by atoms with Gasteiger partial charge in [-0.25, -0.2) is 4.79 Å². The van der Waals surface area contributed by atoms with Crippen LogP contribution < -0.4 is 11.1 Å². The molecule has 0 saturated heterocycles. The summed E-state index contributed by atoms with van der Waals surface area (Å²) in [5, 5.41) is 12.7. The third-order valence-corrected chi connectivity index (χ3v) is 4.45. The van der Waals surface area contributed by atoms with Crippen LogP contribution in [0.15, 0.2) is 18.2 Å². The second-order valence-corrected chi connectivity index (χ2v) is 7.40. The lowest BCUT2D eigenvalue weighted by Gasteiger charge is -2.37. The first-order valence-corrected chi connectivity index (χ1v) is 8.29. The number of hydrogen-bond acceptors (Lipinski definition) is 4. The van der Waals surface area contributed by atoms with Crippen LogP contribution in [0.25, 0.3) is 0 Å². The van der Waals surface area contributed by atoms with Gasteiger partial charge in [-0.15, -0.1) is 0 Å². The number of hydrogen-bond donors (Lipinski definition) is 3. The van der Waals surface area contributed by atoms with Crippen molar-refractivity contribution in [3.63, 3.8) is 0 Å². The molecule has 23 heavy (non-hydrogen) atoms. The van der Waals surface area contributed by atoms with Gasteiger partial charge < -0.3 is 15.6 Å². The number of phenolic OH excluding ortho intramolecular Hbond substituents is 1. The summed E-state index contributed by atoms with van der Waals surface area (Å²) in [7, 11) is 0. The smallest absolute Gasteiger partial charge is 0.412 e. The Bertz CT molecular complexity index is 558. The molecular weight excluding hydrogens is 292 g/mol. The van der Waals surface area contributed by atoms with E-state index < -0.39 is 11.7 Å². The van der Waals surface area contributed by atoms with Crippen molar-refractivity contribution in [1.82, 2.24) is 0 Å². The molecule has 0 heterocycles. The normalized spacial score (nSPS) is 17.6. The summed E-state index contributed by atoms with van der Waals surface area (Å²) in [6, 6.07) is 5.36. The number of benzene rings is 1. The molecular formula is C18H28N2O3. The zero-order valence-electron chi connectivity index (χ0n) is 14.3. The molecule has 1 fully saturated rings. The average Bonchev–Trinajstić information content (AvgIpc) is 2.48. The Morgan fingerprint density at radius 2 is 1.96 bits per heavy atom. The maximum absolute atomic E-state index is 11.9. The molecule has 0 aliphatic heterocycles. The number of rotatable bonds is 3. The number of aromatic hydroxyl groups is 1. The number of anilines is 1. The van der Waals surface area contributed by atoms with Gasteiger partial charge in [0, 0.05) is 12.0 Å². The Morgan fingerprint density at radius 3 is 2.52 bits per heavy atom. The van der Waals surface area contributed by atoms with E-state index in [1.807, 2.05) is 12.1 Å². The molecule has 0 bridgehead atoms. The lowest BCUT2D eigenvalue weighted by atomic mass is 9.69. The second-order valence-electron chi connectivity index (χ2n) is 7.40. The molecule has 0 radical (unpaired) electrons. The summed E-state index contributed by atoms with van der Waals surface area (Å²) in [5.74, 6) is 0.0302. The van der Waals surface area contributed by atoms with Gasteiger partial charge in [-0.3, -0.25) is 5.32 Å². The molecule has 5 nitrogen and oxygen atoms in total. The van der Waals surface area contributed by atoms with Crippen molar-refractivity contribution in [3.05, 3.63) is 23.8 Å². The van der Waals surface area contributed by atoms with Crippen LogP contribution in [0.4, 0.5) is 10.5 Å². The van der Waals surface area contributed by atoms with E-state index in [1.165, 1.54) is 6.42 Å². The first kappa shape index (κ1) is 17.6. The fraction of sp³-hybridized carbons (Fsp3) is 0.611. The average molecular weight is 320 g/mol. The predicted molar refractivity (Wildman–Crippen MR) is 91.8 cm³/mol. The Kier molecular flexibility index (Phi) is 5.19. The highest BCUT2D eigenvalue weighted by Gasteiger charge is 2.33. The molecule has 1 saturated carbocycles. The molecule has 0 atom stereocenters. The van der Waals surface area contributed by atoms with Crippen LogP contribution in [0.1, 0.15) is 58.4 Å². The van der Waals surface area contributed by atoms with Crippen LogP contribution in [0.5, 0.6) is 5.75 Å². The van der Waals surface area contributed by atoms with Crippen molar-refractivity contribution in [2.24, 2.45) is 5.73 Å². The molecule has 1 aliphatic rings. The van der Waals surface area contributed by atoms with Crippen molar-refractivity contribution in [2.45, 2.75) is 63.9 Å². The molecule has 0 unspecified atom stereocenters. The van der Waals surface area contributed by atoms with Crippen LogP contribution >= 0.6 is 0 Å². The minimum atomic E-state index is -0.584. The predicted octanol–water partition coefficient (Wildman–Crippen LogP) is 3.90. The summed E-state index contributed by atoms with van der Waals surface area (Å²) in [6.07, 6.45) is 5.07. The van der Waals surface area contributed by atoms with Crippen LogP contribution in [-0.4, -0.2) is 23.3 Å². The van der Waals surface area contributed by atoms with E-state index in [-0.39, 0.29) is 11.2 Å². The third kappa shape index (κ3) is 4.38. The Hall–Kier alpha value is -1.75. The Labute approximate surface area is 138 Å². The van der Waals surface area contributed by atoms with Crippen LogP contribution in [0.3, 0.4) is 0 Å². The molecule has 5 heteroatoms. The van der Waals surface area contributed by atoms with Crippen LogP contribution in [0.2, 0.25) is 0 Å². The molecule has 1 aromatic rings. The number of nitrogens with two attached hydrogens (primary N) is 1. The highest BCUT2D eigenvalue weighted by atomic mass is 16.6. The number of ether oxygens (including phenoxy) is 1. The minimum absolute atomic E-state index is 0.0302. The van der Waals surface area contributed by atoms with Gasteiger partial charge in [0.15, 0.2) is 0 Å². The maximum atomic E-state index is 11.9. The lowest BCUT2D eigenvalue weighted by molar-refractivity contribution is 0.0635. The number of carbonyl (C=O) groups excluding carboxylic acids is 1. The lowest BCUT2D eigenvalue weighted by Crippen LogP contribution is -2.37. The Morgan fingerprint density at radius 1 is 1.30 bits per heavy atom. The van der Waals surface area contributed by atoms with Crippen molar-refractivity contribution in [2.75, 3.05) is 11.9 Å². The quantitative estimate of drug-likeness (QED) is 0.737. The molecule has 1 amide bonds. The van der Waals surface area contributed by atoms with E-state index in [0.717, 1.165) is 31.2 Å². The van der Waals surface area contributed by atoms with E-state index in [1.54, 1.807) is 26.8 Å². The highest BCUT2D eigenvalue weighted by molar-refractivity contribution is 5.87. The van der Waals surface area contributed by atoms with Gasteiger partial charge in [0.1, 0.15) is 11.4 Å². The Balaban J connectivity index is 2.23. The van der Waals surface area contributed by atoms with Gasteiger partial charge in [0.05, 0.1) is 5.69 Å². The summed E-state index contributed by atoms with van der Waals surface area (Å²) < 4.78 is 5.25. The van der Waals surface area contributed by atoms with Gasteiger partial charge >= 0.3 is 6.09 Å². The van der Waals surface area contributed by atoms with Gasteiger partial charge in [-0.1, -0.05) is 25.3 Å². The fourth-order valence-electron chi connectivity index (χ4n) is 3.22. The topological polar surface area (TPSA) is 84.6 Å². The first-order valence-electron chi connectivity index (χ1n) is 8.29. The van der Waals surface area contributed by atoms with Crippen LogP contribution in [0, 0.1) is 0 Å². The van der Waals surface area contributed by atoms with Crippen molar-refractivity contribution in [3.8, 4) is 5.75 Å². The van der Waals surface area contributed by atoms with Crippen LogP contribution in [-0.2, 0) is 10.2 Å². The molecule has 1 aliphatic carbocycles. The SMILES string of the molecule is CC(C)(C)OC(=O)Nc1cc(C2(CN)CCCCC2)ccc1O. The summed E-state index contributed by atoms with van der Waals surface area (Å²) >= 11 is 0. The molecule has 2 rings (SSSR count). The molecule has 0 spiro atoms. The number of amides is 1. The maximum Gasteiger partial charge on any atom is 0.412 e. The molecule has 0 aromatic heterocycles. The molecule has 4 N–H and O–H groups in total. The van der Waals surface area contributed by atoms with Crippen molar-refractivity contribution in [1.29, 1.82) is 0 Å².